The van der Waals surface area contributed by atoms with Gasteiger partial charge in [-0.3, -0.25) is 4.79 Å². The van der Waals surface area contributed by atoms with Crippen LogP contribution in [-0.4, -0.2) is 19.1 Å². The van der Waals surface area contributed by atoms with Crippen LogP contribution < -0.4 is 11.1 Å². The number of nitrogen functional groups attached to an aromatic ring is 1. The summed E-state index contributed by atoms with van der Waals surface area (Å²) in [7, 11) is 0. The van der Waals surface area contributed by atoms with Crippen LogP contribution in [-0.2, 0) is 9.53 Å². The van der Waals surface area contributed by atoms with Crippen molar-refractivity contribution in [3.05, 3.63) is 23.2 Å². The van der Waals surface area contributed by atoms with E-state index in [2.05, 4.69) is 5.32 Å². The Morgan fingerprint density at radius 2 is 2.28 bits per heavy atom. The maximum Gasteiger partial charge on any atom is 0.305 e. The van der Waals surface area contributed by atoms with E-state index in [-0.39, 0.29) is 5.97 Å². The molecule has 0 fully saturated rings. The van der Waals surface area contributed by atoms with E-state index in [0.717, 1.165) is 18.5 Å². The zero-order valence-electron chi connectivity index (χ0n) is 10.5. The summed E-state index contributed by atoms with van der Waals surface area (Å²) in [4.78, 5) is 11.1. The largest absolute Gasteiger partial charge is 0.466 e. The van der Waals surface area contributed by atoms with Gasteiger partial charge in [0.2, 0.25) is 0 Å². The summed E-state index contributed by atoms with van der Waals surface area (Å²) < 4.78 is 5.04. The fraction of sp³-hybridized carbons (Fsp3) is 0.462. The lowest BCUT2D eigenvalue weighted by Gasteiger charge is -2.09. The Kier molecular flexibility index (Phi) is 6.36. The van der Waals surface area contributed by atoms with E-state index in [1.165, 1.54) is 0 Å². The first-order valence-electron chi connectivity index (χ1n) is 6.08. The van der Waals surface area contributed by atoms with Crippen LogP contribution in [0.2, 0.25) is 5.02 Å². The van der Waals surface area contributed by atoms with Gasteiger partial charge in [0.15, 0.2) is 0 Å². The number of nitrogens with two attached hydrogens (primary N) is 1. The van der Waals surface area contributed by atoms with Crippen LogP contribution in [0.3, 0.4) is 0 Å². The maximum atomic E-state index is 11.1. The molecule has 0 saturated heterocycles. The number of halogens is 1. The molecule has 0 aliphatic carbocycles. The molecule has 0 atom stereocenters. The van der Waals surface area contributed by atoms with Crippen LogP contribution in [0.25, 0.3) is 0 Å². The number of ether oxygens (including phenoxy) is 1. The van der Waals surface area contributed by atoms with Crippen molar-refractivity contribution in [1.82, 2.24) is 0 Å². The van der Waals surface area contributed by atoms with Gasteiger partial charge in [0, 0.05) is 18.0 Å². The summed E-state index contributed by atoms with van der Waals surface area (Å²) in [6, 6.07) is 5.28. The van der Waals surface area contributed by atoms with Crippen molar-refractivity contribution < 1.29 is 9.53 Å². The van der Waals surface area contributed by atoms with Gasteiger partial charge < -0.3 is 15.8 Å². The van der Waals surface area contributed by atoms with E-state index < -0.39 is 0 Å². The van der Waals surface area contributed by atoms with Gasteiger partial charge in [-0.1, -0.05) is 18.5 Å². The Morgan fingerprint density at radius 3 is 3.00 bits per heavy atom. The molecule has 1 rings (SSSR count). The van der Waals surface area contributed by atoms with Crippen molar-refractivity contribution in [3.8, 4) is 0 Å². The number of carbonyl (C=O) groups is 1. The van der Waals surface area contributed by atoms with Crippen molar-refractivity contribution >= 4 is 28.9 Å². The van der Waals surface area contributed by atoms with Crippen LogP contribution in [0.15, 0.2) is 18.2 Å². The molecule has 0 aliphatic heterocycles. The van der Waals surface area contributed by atoms with Crippen LogP contribution in [0.4, 0.5) is 11.4 Å². The predicted octanol–water partition coefficient (Wildman–Crippen LogP) is 3.07. The predicted molar refractivity (Wildman–Crippen MR) is 74.8 cm³/mol. The van der Waals surface area contributed by atoms with Crippen molar-refractivity contribution in [2.75, 3.05) is 24.2 Å². The normalized spacial score (nSPS) is 10.1. The van der Waals surface area contributed by atoms with Gasteiger partial charge in [-0.2, -0.15) is 0 Å². The third kappa shape index (κ3) is 5.27. The summed E-state index contributed by atoms with van der Waals surface area (Å²) in [6.45, 7) is 3.06. The molecule has 18 heavy (non-hydrogen) atoms. The van der Waals surface area contributed by atoms with Crippen molar-refractivity contribution in [2.45, 2.75) is 26.2 Å². The van der Waals surface area contributed by atoms with Gasteiger partial charge >= 0.3 is 5.97 Å². The number of nitrogens with one attached hydrogen (secondary N) is 1. The number of carbonyl (C=O) groups excluding carboxylic acids is 1. The molecule has 0 spiro atoms. The first-order valence-corrected chi connectivity index (χ1v) is 6.45. The Hall–Kier alpha value is -1.42. The van der Waals surface area contributed by atoms with E-state index in [9.17, 15) is 4.79 Å². The Morgan fingerprint density at radius 1 is 1.50 bits per heavy atom. The quantitative estimate of drug-likeness (QED) is 0.454. The molecule has 4 nitrogen and oxygen atoms in total. The molecule has 0 amide bonds. The van der Waals surface area contributed by atoms with E-state index in [0.29, 0.717) is 30.3 Å². The first-order chi connectivity index (χ1) is 8.63. The highest BCUT2D eigenvalue weighted by Gasteiger charge is 2.01. The monoisotopic (exact) mass is 270 g/mol. The second-order valence-electron chi connectivity index (χ2n) is 3.98. The second kappa shape index (κ2) is 7.82. The SMILES string of the molecule is CCCC(=O)OCCCNc1cc(Cl)ccc1N. The average Bonchev–Trinajstić information content (AvgIpc) is 2.33. The van der Waals surface area contributed by atoms with Crippen LogP contribution in [0.1, 0.15) is 26.2 Å². The number of benzene rings is 1. The number of anilines is 2. The van der Waals surface area contributed by atoms with Crippen LogP contribution in [0, 0.1) is 0 Å². The minimum Gasteiger partial charge on any atom is -0.466 e. The number of rotatable bonds is 7. The van der Waals surface area contributed by atoms with E-state index in [1.807, 2.05) is 6.92 Å². The van der Waals surface area contributed by atoms with Gasteiger partial charge in [-0.15, -0.1) is 0 Å². The van der Waals surface area contributed by atoms with E-state index in [4.69, 9.17) is 22.1 Å². The Labute approximate surface area is 112 Å². The molecular formula is C13H19ClN2O2. The molecular weight excluding hydrogens is 252 g/mol. The lowest BCUT2D eigenvalue weighted by Crippen LogP contribution is -2.10. The molecule has 0 aliphatic rings. The van der Waals surface area contributed by atoms with Gasteiger partial charge in [-0.05, 0) is 31.0 Å². The summed E-state index contributed by atoms with van der Waals surface area (Å²) in [5.74, 6) is -0.139. The zero-order valence-corrected chi connectivity index (χ0v) is 11.3. The molecule has 100 valence electrons. The van der Waals surface area contributed by atoms with Gasteiger partial charge in [0.05, 0.1) is 18.0 Å². The highest BCUT2D eigenvalue weighted by molar-refractivity contribution is 6.31. The third-order valence-electron chi connectivity index (χ3n) is 2.37. The lowest BCUT2D eigenvalue weighted by atomic mass is 10.2. The molecule has 5 heteroatoms. The maximum absolute atomic E-state index is 11.1. The summed E-state index contributed by atoms with van der Waals surface area (Å²) in [6.07, 6.45) is 2.03. The molecule has 0 bridgehead atoms. The minimum atomic E-state index is -0.139. The summed E-state index contributed by atoms with van der Waals surface area (Å²) in [5, 5.41) is 3.80. The molecule has 0 radical (unpaired) electrons. The van der Waals surface area contributed by atoms with Crippen molar-refractivity contribution in [1.29, 1.82) is 0 Å². The molecule has 1 aromatic carbocycles. The fourth-order valence-electron chi connectivity index (χ4n) is 1.44. The second-order valence-corrected chi connectivity index (χ2v) is 4.42. The highest BCUT2D eigenvalue weighted by Crippen LogP contribution is 2.22. The summed E-state index contributed by atoms with van der Waals surface area (Å²) in [5.41, 5.74) is 7.25. The molecule has 3 N–H and O–H groups in total. The standard InChI is InChI=1S/C13H19ClN2O2/c1-2-4-13(17)18-8-3-7-16-12-9-10(14)5-6-11(12)15/h5-6,9,16H,2-4,7-8,15H2,1H3. The van der Waals surface area contributed by atoms with Gasteiger partial charge in [-0.25, -0.2) is 0 Å². The molecule has 0 saturated carbocycles. The van der Waals surface area contributed by atoms with Crippen molar-refractivity contribution in [2.24, 2.45) is 0 Å². The average molecular weight is 271 g/mol. The van der Waals surface area contributed by atoms with Gasteiger partial charge in [0.25, 0.3) is 0 Å². The number of hydrogen-bond acceptors (Lipinski definition) is 4. The minimum absolute atomic E-state index is 0.139. The smallest absolute Gasteiger partial charge is 0.305 e. The first kappa shape index (κ1) is 14.6. The lowest BCUT2D eigenvalue weighted by molar-refractivity contribution is -0.143. The summed E-state index contributed by atoms with van der Waals surface area (Å²) >= 11 is 5.87. The van der Waals surface area contributed by atoms with E-state index >= 15 is 0 Å². The zero-order chi connectivity index (χ0) is 13.4. The molecule has 0 unspecified atom stereocenters. The number of hydrogen-bond donors (Lipinski definition) is 2. The van der Waals surface area contributed by atoms with Crippen LogP contribution in [0.5, 0.6) is 0 Å². The Balaban J connectivity index is 2.21. The van der Waals surface area contributed by atoms with Crippen molar-refractivity contribution in [3.63, 3.8) is 0 Å². The third-order valence-corrected chi connectivity index (χ3v) is 2.60. The molecule has 0 heterocycles. The fourth-order valence-corrected chi connectivity index (χ4v) is 1.61. The molecule has 0 aromatic heterocycles. The molecule has 1 aromatic rings. The Bertz CT molecular complexity index is 397. The highest BCUT2D eigenvalue weighted by atomic mass is 35.5. The van der Waals surface area contributed by atoms with E-state index in [1.54, 1.807) is 18.2 Å². The van der Waals surface area contributed by atoms with Gasteiger partial charge in [0.1, 0.15) is 0 Å². The van der Waals surface area contributed by atoms with Crippen LogP contribution >= 0.6 is 11.6 Å². The number of esters is 1. The topological polar surface area (TPSA) is 64.3 Å².